The molecule has 1 heterocycles. The average molecular weight is 295 g/mol. The van der Waals surface area contributed by atoms with Crippen molar-refractivity contribution in [1.29, 1.82) is 0 Å². The van der Waals surface area contributed by atoms with Gasteiger partial charge in [-0.3, -0.25) is 0 Å². The summed E-state index contributed by atoms with van der Waals surface area (Å²) in [6, 6.07) is 0. The lowest BCUT2D eigenvalue weighted by atomic mass is 10.4. The van der Waals surface area contributed by atoms with Gasteiger partial charge in [-0.2, -0.15) is 0 Å². The molecule has 0 spiro atoms. The van der Waals surface area contributed by atoms with E-state index in [1.807, 2.05) is 25.9 Å². The fraction of sp³-hybridized carbons (Fsp3) is 0.571. The van der Waals surface area contributed by atoms with Gasteiger partial charge in [0, 0.05) is 32.6 Å². The summed E-state index contributed by atoms with van der Waals surface area (Å²) in [5.41, 5.74) is 1.00. The standard InChI is InChI=1S/C14H25N5S/c1-5-7-8-9-16-13(15-6-2)17-10-12-11-20-14(18-12)19(3)4/h5,7,11H,6,8-10H2,1-4H3,(H2,15,16,17). The van der Waals surface area contributed by atoms with Crippen molar-refractivity contribution in [3.05, 3.63) is 23.2 Å². The average Bonchev–Trinajstić information content (AvgIpc) is 2.90. The number of guanidine groups is 1. The van der Waals surface area contributed by atoms with Gasteiger partial charge in [-0.05, 0) is 20.3 Å². The molecule has 0 aliphatic carbocycles. The van der Waals surface area contributed by atoms with Crippen LogP contribution in [0.1, 0.15) is 26.0 Å². The van der Waals surface area contributed by atoms with Gasteiger partial charge >= 0.3 is 0 Å². The first-order valence-electron chi connectivity index (χ1n) is 6.92. The van der Waals surface area contributed by atoms with E-state index in [9.17, 15) is 0 Å². The first kappa shape index (κ1) is 16.5. The van der Waals surface area contributed by atoms with Gasteiger partial charge in [0.25, 0.3) is 0 Å². The minimum absolute atomic E-state index is 0.600. The van der Waals surface area contributed by atoms with Gasteiger partial charge < -0.3 is 15.5 Å². The molecule has 1 aromatic rings. The molecule has 2 N–H and O–H groups in total. The zero-order chi connectivity index (χ0) is 14.8. The lowest BCUT2D eigenvalue weighted by Gasteiger charge is -2.09. The van der Waals surface area contributed by atoms with E-state index in [-0.39, 0.29) is 0 Å². The molecular weight excluding hydrogens is 270 g/mol. The molecule has 0 saturated carbocycles. The number of rotatable bonds is 7. The van der Waals surface area contributed by atoms with Crippen molar-refractivity contribution in [1.82, 2.24) is 15.6 Å². The van der Waals surface area contributed by atoms with E-state index in [1.165, 1.54) is 0 Å². The van der Waals surface area contributed by atoms with Crippen LogP contribution in [-0.2, 0) is 6.54 Å². The molecular formula is C14H25N5S. The second-order valence-electron chi connectivity index (χ2n) is 4.50. The summed E-state index contributed by atoms with van der Waals surface area (Å²) >= 11 is 1.64. The molecule has 6 heteroatoms. The molecule has 1 rings (SSSR count). The van der Waals surface area contributed by atoms with Crippen molar-refractivity contribution in [2.75, 3.05) is 32.1 Å². The number of aliphatic imine (C=N–C) groups is 1. The molecule has 0 aliphatic rings. The second-order valence-corrected chi connectivity index (χ2v) is 5.33. The number of nitrogens with zero attached hydrogens (tertiary/aromatic N) is 3. The Morgan fingerprint density at radius 2 is 2.25 bits per heavy atom. The predicted molar refractivity (Wildman–Crippen MR) is 88.7 cm³/mol. The Hall–Kier alpha value is -1.56. The predicted octanol–water partition coefficient (Wildman–Crippen LogP) is 2.23. The molecule has 0 radical (unpaired) electrons. The van der Waals surface area contributed by atoms with Crippen LogP contribution in [0, 0.1) is 0 Å². The van der Waals surface area contributed by atoms with E-state index in [2.05, 4.69) is 45.1 Å². The SMILES string of the molecule is CC=CCCNC(=NCc1csc(N(C)C)n1)NCC. The van der Waals surface area contributed by atoms with Crippen LogP contribution >= 0.6 is 11.3 Å². The van der Waals surface area contributed by atoms with E-state index >= 15 is 0 Å². The summed E-state index contributed by atoms with van der Waals surface area (Å²) in [6.45, 7) is 6.44. The molecule has 1 aromatic heterocycles. The number of nitrogens with one attached hydrogen (secondary N) is 2. The number of thiazole rings is 1. The highest BCUT2D eigenvalue weighted by Gasteiger charge is 2.03. The van der Waals surface area contributed by atoms with Crippen molar-refractivity contribution in [2.45, 2.75) is 26.8 Å². The van der Waals surface area contributed by atoms with Gasteiger partial charge in [0.15, 0.2) is 11.1 Å². The van der Waals surface area contributed by atoms with Crippen molar-refractivity contribution >= 4 is 22.4 Å². The maximum Gasteiger partial charge on any atom is 0.191 e. The van der Waals surface area contributed by atoms with E-state index in [0.29, 0.717) is 6.54 Å². The molecule has 0 saturated heterocycles. The highest BCUT2D eigenvalue weighted by atomic mass is 32.1. The second kappa shape index (κ2) is 9.36. The van der Waals surface area contributed by atoms with E-state index in [1.54, 1.807) is 11.3 Å². The van der Waals surface area contributed by atoms with Crippen molar-refractivity contribution in [2.24, 2.45) is 4.99 Å². The van der Waals surface area contributed by atoms with Crippen LogP contribution in [0.3, 0.4) is 0 Å². The molecule has 0 bridgehead atoms. The van der Waals surface area contributed by atoms with E-state index in [4.69, 9.17) is 0 Å². The lowest BCUT2D eigenvalue weighted by molar-refractivity contribution is 0.807. The van der Waals surface area contributed by atoms with Gasteiger partial charge in [-0.15, -0.1) is 11.3 Å². The number of allylic oxidation sites excluding steroid dienone is 1. The molecule has 0 atom stereocenters. The normalized spacial score (nSPS) is 11.9. The molecule has 0 aromatic carbocycles. The molecule has 5 nitrogen and oxygen atoms in total. The summed E-state index contributed by atoms with van der Waals surface area (Å²) in [5, 5.41) is 9.62. The van der Waals surface area contributed by atoms with Gasteiger partial charge in [-0.25, -0.2) is 9.98 Å². The first-order chi connectivity index (χ1) is 9.67. The smallest absolute Gasteiger partial charge is 0.191 e. The third kappa shape index (κ3) is 6.06. The Morgan fingerprint density at radius 3 is 2.85 bits per heavy atom. The van der Waals surface area contributed by atoms with Crippen LogP contribution in [0.25, 0.3) is 0 Å². The minimum atomic E-state index is 0.600. The van der Waals surface area contributed by atoms with Crippen LogP contribution < -0.4 is 15.5 Å². The fourth-order valence-corrected chi connectivity index (χ4v) is 2.27. The number of anilines is 1. The first-order valence-corrected chi connectivity index (χ1v) is 7.80. The molecule has 112 valence electrons. The third-order valence-electron chi connectivity index (χ3n) is 2.50. The zero-order valence-corrected chi connectivity index (χ0v) is 13.6. The van der Waals surface area contributed by atoms with Crippen molar-refractivity contribution in [3.8, 4) is 0 Å². The number of hydrogen-bond donors (Lipinski definition) is 2. The summed E-state index contributed by atoms with van der Waals surface area (Å²) in [5.74, 6) is 0.844. The quantitative estimate of drug-likeness (QED) is 0.350. The number of hydrogen-bond acceptors (Lipinski definition) is 4. The Labute approximate surface area is 125 Å². The molecule has 0 aliphatic heterocycles. The Morgan fingerprint density at radius 1 is 1.45 bits per heavy atom. The van der Waals surface area contributed by atoms with Gasteiger partial charge in [0.1, 0.15) is 0 Å². The summed E-state index contributed by atoms with van der Waals surface area (Å²) in [7, 11) is 4.00. The van der Waals surface area contributed by atoms with Gasteiger partial charge in [0.05, 0.1) is 12.2 Å². The Bertz CT molecular complexity index is 437. The van der Waals surface area contributed by atoms with Crippen molar-refractivity contribution in [3.63, 3.8) is 0 Å². The lowest BCUT2D eigenvalue weighted by Crippen LogP contribution is -2.37. The molecule has 0 unspecified atom stereocenters. The highest BCUT2D eigenvalue weighted by molar-refractivity contribution is 7.13. The molecule has 0 fully saturated rings. The summed E-state index contributed by atoms with van der Waals surface area (Å²) in [4.78, 5) is 11.1. The zero-order valence-electron chi connectivity index (χ0n) is 12.8. The van der Waals surface area contributed by atoms with Gasteiger partial charge in [-0.1, -0.05) is 12.2 Å². The monoisotopic (exact) mass is 295 g/mol. The molecule has 20 heavy (non-hydrogen) atoms. The maximum atomic E-state index is 4.55. The fourth-order valence-electron chi connectivity index (χ4n) is 1.52. The number of aromatic nitrogens is 1. The van der Waals surface area contributed by atoms with Crippen LogP contribution in [0.5, 0.6) is 0 Å². The van der Waals surface area contributed by atoms with Crippen molar-refractivity contribution < 1.29 is 0 Å². The Balaban J connectivity index is 2.51. The van der Waals surface area contributed by atoms with Crippen LogP contribution in [0.2, 0.25) is 0 Å². The van der Waals surface area contributed by atoms with E-state index < -0.39 is 0 Å². The van der Waals surface area contributed by atoms with Crippen LogP contribution in [-0.4, -0.2) is 38.1 Å². The largest absolute Gasteiger partial charge is 0.357 e. The topological polar surface area (TPSA) is 52.6 Å². The summed E-state index contributed by atoms with van der Waals surface area (Å²) < 4.78 is 0. The third-order valence-corrected chi connectivity index (χ3v) is 3.56. The van der Waals surface area contributed by atoms with Crippen LogP contribution in [0.15, 0.2) is 22.5 Å². The maximum absolute atomic E-state index is 4.55. The van der Waals surface area contributed by atoms with Gasteiger partial charge in [0.2, 0.25) is 0 Å². The highest BCUT2D eigenvalue weighted by Crippen LogP contribution is 2.18. The summed E-state index contributed by atoms with van der Waals surface area (Å²) in [6.07, 6.45) is 5.20. The minimum Gasteiger partial charge on any atom is -0.357 e. The molecule has 0 amide bonds. The van der Waals surface area contributed by atoms with E-state index in [0.717, 1.165) is 36.3 Å². The Kier molecular flexibility index (Phi) is 7.72. The van der Waals surface area contributed by atoms with Crippen LogP contribution in [0.4, 0.5) is 5.13 Å².